The summed E-state index contributed by atoms with van der Waals surface area (Å²) in [6.07, 6.45) is 0.817. The van der Waals surface area contributed by atoms with Crippen molar-refractivity contribution in [2.75, 3.05) is 12.3 Å². The van der Waals surface area contributed by atoms with Gasteiger partial charge in [-0.3, -0.25) is 0 Å². The van der Waals surface area contributed by atoms with E-state index in [0.29, 0.717) is 12.3 Å². The molecule has 2 N–H and O–H groups in total. The predicted octanol–water partition coefficient (Wildman–Crippen LogP) is 1.54. The molecule has 0 aliphatic carbocycles. The zero-order chi connectivity index (χ0) is 7.57. The Balaban J connectivity index is 4.38. The summed E-state index contributed by atoms with van der Waals surface area (Å²) in [6, 6.07) is 0. The molecule has 0 aromatic carbocycles. The zero-order valence-electron chi connectivity index (χ0n) is 6.04. The van der Waals surface area contributed by atoms with Gasteiger partial charge in [0.25, 0.3) is 0 Å². The Morgan fingerprint density at radius 2 is 1.67 bits per heavy atom. The Bertz CT molecular complexity index is 112. The van der Waals surface area contributed by atoms with E-state index < -0.39 is 7.06 Å². The van der Waals surface area contributed by atoms with Crippen LogP contribution in [-0.2, 0) is 0 Å². The Morgan fingerprint density at radius 3 is 1.67 bits per heavy atom. The Hall–Kier alpha value is 0.0900. The van der Waals surface area contributed by atoms with Crippen LogP contribution in [0.4, 0.5) is 0 Å². The molecule has 2 nitrogen and oxygen atoms in total. The van der Waals surface area contributed by atoms with Crippen molar-refractivity contribution in [1.82, 2.24) is 0 Å². The maximum atomic E-state index is 9.47. The molecule has 0 aliphatic rings. The molecule has 0 aromatic heterocycles. The molecule has 0 atom stereocenters. The fourth-order valence-electron chi connectivity index (χ4n) is 0.482. The quantitative estimate of drug-likeness (QED) is 0.599. The summed E-state index contributed by atoms with van der Waals surface area (Å²) in [7, 11) is -3.36. The van der Waals surface area contributed by atoms with Gasteiger partial charge in [-0.15, -0.1) is 0 Å². The van der Waals surface area contributed by atoms with Gasteiger partial charge in [-0.05, 0) is 0 Å². The molecule has 3 heteroatoms. The summed E-state index contributed by atoms with van der Waals surface area (Å²) in [5.41, 5.74) is 0. The molecular weight excluding hydrogens is 135 g/mol. The first-order valence-corrected chi connectivity index (χ1v) is 5.69. The van der Waals surface area contributed by atoms with Crippen molar-refractivity contribution in [3.05, 3.63) is 12.4 Å². The van der Waals surface area contributed by atoms with E-state index in [0.717, 1.165) is 0 Å². The average Bonchev–Trinajstić information content (AvgIpc) is 1.90. The van der Waals surface area contributed by atoms with Crippen molar-refractivity contribution in [3.63, 3.8) is 0 Å². The van der Waals surface area contributed by atoms with Crippen LogP contribution in [0.3, 0.4) is 0 Å². The zero-order valence-corrected chi connectivity index (χ0v) is 6.93. The summed E-state index contributed by atoms with van der Waals surface area (Å²) in [5.74, 6) is 1.31. The first-order valence-electron chi connectivity index (χ1n) is 3.11. The van der Waals surface area contributed by atoms with E-state index in [9.17, 15) is 9.79 Å². The first kappa shape index (κ1) is 9.09. The van der Waals surface area contributed by atoms with Crippen LogP contribution < -0.4 is 0 Å². The Labute approximate surface area is 56.3 Å². The molecule has 0 heterocycles. The van der Waals surface area contributed by atoms with Crippen LogP contribution in [-0.4, -0.2) is 22.1 Å². The third-order valence-corrected chi connectivity index (χ3v) is 5.40. The Morgan fingerprint density at radius 1 is 1.33 bits per heavy atom. The fraction of sp³-hybridized carbons (Fsp3) is 0.667. The second kappa shape index (κ2) is 2.37. The van der Waals surface area contributed by atoms with Crippen LogP contribution in [0.2, 0.25) is 0 Å². The molecule has 0 saturated carbocycles. The average molecular weight is 150 g/mol. The number of hydrogen-bond donors (Lipinski definition) is 2. The van der Waals surface area contributed by atoms with E-state index >= 15 is 0 Å². The van der Waals surface area contributed by atoms with Crippen molar-refractivity contribution in [3.8, 4) is 0 Å². The van der Waals surface area contributed by atoms with Gasteiger partial charge in [-0.25, -0.2) is 0 Å². The predicted molar refractivity (Wildman–Crippen MR) is 42.6 cm³/mol. The van der Waals surface area contributed by atoms with Gasteiger partial charge in [0.15, 0.2) is 0 Å². The molecule has 0 saturated heterocycles. The number of rotatable bonds is 3. The molecule has 0 aliphatic heterocycles. The maximum absolute atomic E-state index is 9.47. The fourth-order valence-corrected chi connectivity index (χ4v) is 1.45. The minimum absolute atomic E-state index is 0.408. The van der Waals surface area contributed by atoms with Crippen molar-refractivity contribution >= 4 is 7.06 Å². The molecule has 0 radical (unpaired) electrons. The van der Waals surface area contributed by atoms with Gasteiger partial charge in [0.2, 0.25) is 0 Å². The third kappa shape index (κ3) is 2.05. The van der Waals surface area contributed by atoms with Gasteiger partial charge in [-0.2, -0.15) is 0 Å². The molecule has 0 unspecified atom stereocenters. The van der Waals surface area contributed by atoms with E-state index in [4.69, 9.17) is 0 Å². The summed E-state index contributed by atoms with van der Waals surface area (Å²) in [6.45, 7) is 6.94. The molecule has 0 bridgehead atoms. The van der Waals surface area contributed by atoms with Crippen molar-refractivity contribution in [1.29, 1.82) is 0 Å². The van der Waals surface area contributed by atoms with Crippen LogP contribution in [0.15, 0.2) is 12.4 Å². The van der Waals surface area contributed by atoms with Gasteiger partial charge < -0.3 is 0 Å². The van der Waals surface area contributed by atoms with Gasteiger partial charge in [0, 0.05) is 0 Å². The van der Waals surface area contributed by atoms with Gasteiger partial charge in [0.05, 0.1) is 0 Å². The van der Waals surface area contributed by atoms with Crippen LogP contribution in [0.1, 0.15) is 13.8 Å². The van der Waals surface area contributed by atoms with Crippen LogP contribution in [0, 0.1) is 0 Å². The Kier molecular flexibility index (Phi) is 2.40. The van der Waals surface area contributed by atoms with Crippen molar-refractivity contribution in [2.45, 2.75) is 13.8 Å². The molecule has 0 aromatic rings. The summed E-state index contributed by atoms with van der Waals surface area (Å²) < 4.78 is 0. The summed E-state index contributed by atoms with van der Waals surface area (Å²) in [4.78, 5) is 18.9. The van der Waals surface area contributed by atoms with E-state index in [1.165, 1.54) is 5.82 Å². The van der Waals surface area contributed by atoms with Crippen molar-refractivity contribution < 1.29 is 9.79 Å². The molecule has 0 rings (SSSR count). The summed E-state index contributed by atoms with van der Waals surface area (Å²) >= 11 is 0. The standard InChI is InChI=1S/C6H15O2P/c1-4-9(7,8,5-2)6-3/h4,7-8H,1,5-6H2,2-3H3. The van der Waals surface area contributed by atoms with Gasteiger partial charge in [-0.1, -0.05) is 0 Å². The molecule has 0 amide bonds. The summed E-state index contributed by atoms with van der Waals surface area (Å²) in [5, 5.41) is 0. The third-order valence-electron chi connectivity index (χ3n) is 1.80. The molecule has 56 valence electrons. The van der Waals surface area contributed by atoms with Crippen LogP contribution >= 0.6 is 7.06 Å². The van der Waals surface area contributed by atoms with E-state index in [1.807, 2.05) is 0 Å². The van der Waals surface area contributed by atoms with Gasteiger partial charge >= 0.3 is 55.4 Å². The second-order valence-corrected chi connectivity index (χ2v) is 6.87. The first-order chi connectivity index (χ1) is 3.96. The normalized spacial score (nSPS) is 16.2. The minimum atomic E-state index is -3.36. The monoisotopic (exact) mass is 150 g/mol. The van der Waals surface area contributed by atoms with Crippen molar-refractivity contribution in [2.24, 2.45) is 0 Å². The number of hydrogen-bond acceptors (Lipinski definition) is 2. The van der Waals surface area contributed by atoms with Crippen LogP contribution in [0.25, 0.3) is 0 Å². The van der Waals surface area contributed by atoms with E-state index in [-0.39, 0.29) is 0 Å². The molecule has 0 spiro atoms. The second-order valence-electron chi connectivity index (χ2n) is 2.29. The molecular formula is C6H15O2P. The van der Waals surface area contributed by atoms with E-state index in [1.54, 1.807) is 13.8 Å². The topological polar surface area (TPSA) is 40.5 Å². The molecule has 9 heavy (non-hydrogen) atoms. The van der Waals surface area contributed by atoms with E-state index in [2.05, 4.69) is 6.58 Å². The molecule has 0 fully saturated rings. The SMILES string of the molecule is C=CP(O)(O)(CC)CC. The van der Waals surface area contributed by atoms with Crippen LogP contribution in [0.5, 0.6) is 0 Å². The van der Waals surface area contributed by atoms with Gasteiger partial charge in [0.1, 0.15) is 0 Å².